The van der Waals surface area contributed by atoms with Crippen molar-refractivity contribution in [3.63, 3.8) is 0 Å². The Kier molecular flexibility index (Phi) is 10.4. The Bertz CT molecular complexity index is 4330. The summed E-state index contributed by atoms with van der Waals surface area (Å²) in [6, 6.07) is 60.1. The van der Waals surface area contributed by atoms with E-state index in [1.807, 2.05) is 0 Å². The van der Waals surface area contributed by atoms with Gasteiger partial charge in [-0.25, -0.2) is 0 Å². The van der Waals surface area contributed by atoms with Crippen LogP contribution < -0.4 is 16.4 Å². The average molecular weight is 1070 g/mol. The second-order valence-corrected chi connectivity index (χ2v) is 31.3. The van der Waals surface area contributed by atoms with Gasteiger partial charge in [0.2, 0.25) is 0 Å². The second-order valence-electron chi connectivity index (χ2n) is 31.3. The van der Waals surface area contributed by atoms with Crippen molar-refractivity contribution < 1.29 is 0 Å². The number of benzene rings is 8. The largest absolute Gasteiger partial charge is 0.310 e. The highest BCUT2D eigenvalue weighted by molar-refractivity contribution is 7.00. The van der Waals surface area contributed by atoms with Crippen LogP contribution in [0.2, 0.25) is 0 Å². The Hall–Kier alpha value is -6.84. The summed E-state index contributed by atoms with van der Waals surface area (Å²) in [5.41, 5.74) is 32.4. The first-order valence-electron chi connectivity index (χ1n) is 31.5. The molecule has 0 amide bonds. The molecule has 2 fully saturated rings. The summed E-state index contributed by atoms with van der Waals surface area (Å²) in [6.45, 7) is 31.4. The summed E-state index contributed by atoms with van der Waals surface area (Å²) in [6.07, 6.45) is 10.0. The van der Waals surface area contributed by atoms with Crippen molar-refractivity contribution in [1.82, 2.24) is 9.13 Å². The van der Waals surface area contributed by atoms with Gasteiger partial charge in [-0.1, -0.05) is 211 Å². The summed E-state index contributed by atoms with van der Waals surface area (Å²) < 4.78 is 5.66. The molecule has 10 aromatic rings. The third-order valence-corrected chi connectivity index (χ3v) is 22.0. The fraction of sp³-hybridized carbons (Fsp3) is 0.367. The van der Waals surface area contributed by atoms with Crippen LogP contribution in [-0.4, -0.2) is 15.8 Å². The quantitative estimate of drug-likeness (QED) is 0.156. The Morgan fingerprint density at radius 2 is 0.915 bits per heavy atom. The maximum absolute atomic E-state index is 2.87. The summed E-state index contributed by atoms with van der Waals surface area (Å²) >= 11 is 0. The van der Waals surface area contributed by atoms with Crippen LogP contribution in [0.5, 0.6) is 0 Å². The van der Waals surface area contributed by atoms with E-state index in [1.54, 1.807) is 11.1 Å². The maximum atomic E-state index is 2.87. The first kappa shape index (κ1) is 50.9. The van der Waals surface area contributed by atoms with E-state index in [-0.39, 0.29) is 23.0 Å². The molecule has 5 heterocycles. The van der Waals surface area contributed by atoms with Gasteiger partial charge in [-0.15, -0.1) is 0 Å². The molecule has 2 nitrogen and oxygen atoms in total. The summed E-state index contributed by atoms with van der Waals surface area (Å²) in [5.74, 6) is 1.04. The SMILES string of the molecule is CC1(C)CCC(c2cc3c4c(c2)c2cc(C5CCC(C)(C)CC5)cc5c2n4-c2c(ccc4c2B3c2cc(C(C)(C)C)cc3c(-c6ccc(C(C)(C)C)cc6)c(-c6ccc(C(C)(C)C)cc6)n-4c23)C52c3ccccc3-c3ccccc32)CC1. The standard InChI is InChI=1S/C79H81BN2/c1-74(2,3)52-26-22-48(23-27-52)67-59-44-54(76(7,8)9)45-65-72(59)81(69(67)49-24-28-53(29-25-49)75(4,5)6)66-31-30-62-73-68(66)80(65)64-43-51(47-34-38-78(12,13)39-35-47)41-58-57-40-50(46-32-36-77(10,11)37-33-46)42-63(70(57)82(73)71(58)64)79(62)60-20-16-14-18-55(60)56-19-15-17-21-61(56)79/h14-31,40-47H,32-39H2,1-13H3. The van der Waals surface area contributed by atoms with Crippen molar-refractivity contribution in [2.24, 2.45) is 10.8 Å². The minimum atomic E-state index is -0.533. The van der Waals surface area contributed by atoms with Crippen molar-refractivity contribution in [2.45, 2.75) is 175 Å². The Balaban J connectivity index is 1.10. The van der Waals surface area contributed by atoms with Gasteiger partial charge in [0.05, 0.1) is 16.6 Å². The van der Waals surface area contributed by atoms with Gasteiger partial charge in [-0.3, -0.25) is 0 Å². The molecule has 0 radical (unpaired) electrons. The zero-order valence-corrected chi connectivity index (χ0v) is 51.1. The third kappa shape index (κ3) is 6.95. The molecule has 2 saturated carbocycles. The smallest absolute Gasteiger partial charge is 0.252 e. The number of nitrogens with zero attached hydrogens (tertiary/aromatic N) is 2. The molecule has 1 spiro atoms. The molecule has 0 unspecified atom stereocenters. The summed E-state index contributed by atoms with van der Waals surface area (Å²) in [4.78, 5) is 0. The fourth-order valence-electron chi connectivity index (χ4n) is 17.2. The lowest BCUT2D eigenvalue weighted by atomic mass is 9.33. The van der Waals surface area contributed by atoms with E-state index in [4.69, 9.17) is 0 Å². The van der Waals surface area contributed by atoms with Crippen LogP contribution in [0.15, 0.2) is 146 Å². The lowest BCUT2D eigenvalue weighted by molar-refractivity contribution is 0.224. The van der Waals surface area contributed by atoms with Crippen molar-refractivity contribution in [3.8, 4) is 44.9 Å². The van der Waals surface area contributed by atoms with E-state index in [2.05, 4.69) is 245 Å². The number of rotatable bonds is 4. The van der Waals surface area contributed by atoms with Crippen LogP contribution in [0.3, 0.4) is 0 Å². The molecule has 16 rings (SSSR count). The molecule has 8 aromatic carbocycles. The Labute approximate surface area is 488 Å². The van der Waals surface area contributed by atoms with Gasteiger partial charge >= 0.3 is 0 Å². The van der Waals surface area contributed by atoms with Crippen LogP contribution >= 0.6 is 0 Å². The van der Waals surface area contributed by atoms with Gasteiger partial charge in [-0.05, 0) is 203 Å². The van der Waals surface area contributed by atoms with Gasteiger partial charge in [0.1, 0.15) is 0 Å². The van der Waals surface area contributed by atoms with Crippen LogP contribution in [0.4, 0.5) is 0 Å². The number of hydrogen-bond donors (Lipinski definition) is 0. The first-order valence-corrected chi connectivity index (χ1v) is 31.5. The predicted molar refractivity (Wildman–Crippen MR) is 350 cm³/mol. The topological polar surface area (TPSA) is 9.86 Å². The van der Waals surface area contributed by atoms with Crippen LogP contribution in [0, 0.1) is 10.8 Å². The zero-order chi connectivity index (χ0) is 56.5. The van der Waals surface area contributed by atoms with E-state index in [1.165, 1.54) is 184 Å². The molecular formula is C79H81BN2. The van der Waals surface area contributed by atoms with Crippen LogP contribution in [0.25, 0.3) is 77.6 Å². The first-order chi connectivity index (χ1) is 39.0. The molecule has 0 atom stereocenters. The summed E-state index contributed by atoms with van der Waals surface area (Å²) in [5, 5.41) is 4.28. The van der Waals surface area contributed by atoms with Crippen LogP contribution in [-0.2, 0) is 21.7 Å². The van der Waals surface area contributed by atoms with Crippen molar-refractivity contribution in [3.05, 3.63) is 196 Å². The lowest BCUT2D eigenvalue weighted by Crippen LogP contribution is -2.60. The summed E-state index contributed by atoms with van der Waals surface area (Å²) in [7, 11) is 0. The predicted octanol–water partition coefficient (Wildman–Crippen LogP) is 19.1. The highest BCUT2D eigenvalue weighted by atomic mass is 15.1. The number of aromatic nitrogens is 2. The van der Waals surface area contributed by atoms with Crippen molar-refractivity contribution in [1.29, 1.82) is 0 Å². The minimum absolute atomic E-state index is 0.00853. The highest BCUT2D eigenvalue weighted by Gasteiger charge is 2.55. The average Bonchev–Trinajstić information content (AvgIpc) is 1.41. The lowest BCUT2D eigenvalue weighted by Gasteiger charge is -2.44. The number of hydrogen-bond acceptors (Lipinski definition) is 0. The molecule has 410 valence electrons. The van der Waals surface area contributed by atoms with Gasteiger partial charge in [-0.2, -0.15) is 0 Å². The third-order valence-electron chi connectivity index (χ3n) is 22.0. The molecule has 0 saturated heterocycles. The highest BCUT2D eigenvalue weighted by Crippen LogP contribution is 2.63. The zero-order valence-electron chi connectivity index (χ0n) is 51.1. The molecule has 3 aliphatic heterocycles. The maximum Gasteiger partial charge on any atom is 0.252 e. The second kappa shape index (κ2) is 16.7. The molecular weight excluding hydrogens is 988 g/mol. The Morgan fingerprint density at radius 3 is 1.46 bits per heavy atom. The van der Waals surface area contributed by atoms with Gasteiger partial charge in [0, 0.05) is 44.1 Å². The van der Waals surface area contributed by atoms with E-state index < -0.39 is 5.41 Å². The minimum Gasteiger partial charge on any atom is -0.310 e. The van der Waals surface area contributed by atoms with Crippen LogP contribution in [0.1, 0.15) is 203 Å². The fourth-order valence-corrected chi connectivity index (χ4v) is 17.2. The van der Waals surface area contributed by atoms with Crippen molar-refractivity contribution >= 4 is 55.8 Å². The molecule has 0 N–H and O–H groups in total. The van der Waals surface area contributed by atoms with Gasteiger partial charge in [0.15, 0.2) is 0 Å². The van der Waals surface area contributed by atoms with E-state index in [0.717, 1.165) is 0 Å². The molecule has 3 aliphatic carbocycles. The van der Waals surface area contributed by atoms with E-state index in [0.29, 0.717) is 22.7 Å². The van der Waals surface area contributed by atoms with Gasteiger partial charge < -0.3 is 9.13 Å². The normalized spacial score (nSPS) is 18.3. The van der Waals surface area contributed by atoms with Crippen molar-refractivity contribution in [2.75, 3.05) is 0 Å². The molecule has 3 heteroatoms. The monoisotopic (exact) mass is 1070 g/mol. The molecule has 82 heavy (non-hydrogen) atoms. The van der Waals surface area contributed by atoms with E-state index >= 15 is 0 Å². The molecule has 0 bridgehead atoms. The number of fused-ring (bicyclic) bond motifs is 11. The Morgan fingerprint density at radius 1 is 0.427 bits per heavy atom. The molecule has 2 aromatic heterocycles. The van der Waals surface area contributed by atoms with Gasteiger partial charge in [0.25, 0.3) is 6.71 Å². The van der Waals surface area contributed by atoms with E-state index in [9.17, 15) is 0 Å². The molecule has 6 aliphatic rings.